The summed E-state index contributed by atoms with van der Waals surface area (Å²) in [6, 6.07) is 21.2. The van der Waals surface area contributed by atoms with Gasteiger partial charge in [-0.3, -0.25) is 9.59 Å². The molecule has 1 aliphatic carbocycles. The quantitative estimate of drug-likeness (QED) is 0.168. The number of halogens is 1. The second-order valence-corrected chi connectivity index (χ2v) is 11.6. The summed E-state index contributed by atoms with van der Waals surface area (Å²) in [6.07, 6.45) is 2.21. The predicted octanol–water partition coefficient (Wildman–Crippen LogP) is 6.76. The highest BCUT2D eigenvalue weighted by Crippen LogP contribution is 2.57. The van der Waals surface area contributed by atoms with E-state index in [9.17, 15) is 14.0 Å². The lowest BCUT2D eigenvalue weighted by Gasteiger charge is -2.43. The van der Waals surface area contributed by atoms with Crippen LogP contribution in [0.15, 0.2) is 66.7 Å². The minimum absolute atomic E-state index is 0.106. The highest BCUT2D eigenvalue weighted by molar-refractivity contribution is 6.02. The molecule has 224 valence electrons. The first-order valence-electron chi connectivity index (χ1n) is 14.7. The Labute approximate surface area is 250 Å². The Kier molecular flexibility index (Phi) is 7.97. The van der Waals surface area contributed by atoms with Crippen molar-refractivity contribution in [3.05, 3.63) is 94.9 Å². The number of ether oxygens (including phenoxy) is 4. The molecule has 1 saturated carbocycles. The van der Waals surface area contributed by atoms with E-state index in [0.717, 1.165) is 52.0 Å². The molecule has 0 radical (unpaired) electrons. The third-order valence-corrected chi connectivity index (χ3v) is 9.02. The van der Waals surface area contributed by atoms with Gasteiger partial charge in [-0.25, -0.2) is 4.39 Å². The number of fused-ring (bicyclic) bond motifs is 1. The maximum atomic E-state index is 14.4. The van der Waals surface area contributed by atoms with Gasteiger partial charge in [-0.2, -0.15) is 0 Å². The highest BCUT2D eigenvalue weighted by Gasteiger charge is 2.59. The van der Waals surface area contributed by atoms with Crippen LogP contribution in [0.5, 0.6) is 5.75 Å². The van der Waals surface area contributed by atoms with Crippen LogP contribution in [0.25, 0.3) is 16.6 Å². The Hall–Kier alpha value is -4.17. The molecule has 4 aromatic rings. The van der Waals surface area contributed by atoms with Crippen molar-refractivity contribution in [3.8, 4) is 11.4 Å². The lowest BCUT2D eigenvalue weighted by Crippen LogP contribution is -2.50. The summed E-state index contributed by atoms with van der Waals surface area (Å²) in [6.45, 7) is 3.46. The van der Waals surface area contributed by atoms with Crippen molar-refractivity contribution in [2.75, 3.05) is 27.4 Å². The van der Waals surface area contributed by atoms with E-state index in [1.54, 1.807) is 6.92 Å². The van der Waals surface area contributed by atoms with Gasteiger partial charge in [-0.1, -0.05) is 30.3 Å². The van der Waals surface area contributed by atoms with Crippen LogP contribution in [0.3, 0.4) is 0 Å². The van der Waals surface area contributed by atoms with Crippen molar-refractivity contribution in [2.45, 2.75) is 51.0 Å². The molecular formula is C35H36FNO6. The molecule has 0 bridgehead atoms. The van der Waals surface area contributed by atoms with Crippen LogP contribution in [0.2, 0.25) is 0 Å². The monoisotopic (exact) mass is 585 g/mol. The van der Waals surface area contributed by atoms with Gasteiger partial charge in [0.15, 0.2) is 5.41 Å². The third-order valence-electron chi connectivity index (χ3n) is 9.02. The molecule has 0 N–H and O–H groups in total. The normalized spacial score (nSPS) is 16.9. The number of benzene rings is 3. The average molecular weight is 586 g/mol. The number of aryl methyl sites for hydroxylation is 1. The van der Waals surface area contributed by atoms with Crippen LogP contribution in [0.1, 0.15) is 59.9 Å². The fourth-order valence-corrected chi connectivity index (χ4v) is 6.79. The number of carbonyl (C=O) groups excluding carboxylic acids is 2. The number of esters is 2. The number of hydrogen-bond donors (Lipinski definition) is 0. The first-order chi connectivity index (χ1) is 20.9. The molecule has 1 aromatic heterocycles. The van der Waals surface area contributed by atoms with Crippen molar-refractivity contribution >= 4 is 22.8 Å². The third kappa shape index (κ3) is 5.18. The fourth-order valence-electron chi connectivity index (χ4n) is 6.79. The molecule has 43 heavy (non-hydrogen) atoms. The molecular weight excluding hydrogens is 549 g/mol. The largest absolute Gasteiger partial charge is 0.489 e. The lowest BCUT2D eigenvalue weighted by molar-refractivity contribution is -0.177. The summed E-state index contributed by atoms with van der Waals surface area (Å²) >= 11 is 0. The molecule has 2 heterocycles. The summed E-state index contributed by atoms with van der Waals surface area (Å²) in [5, 5.41) is 0.988. The number of carbonyl (C=O) groups is 2. The summed E-state index contributed by atoms with van der Waals surface area (Å²) < 4.78 is 38.8. The van der Waals surface area contributed by atoms with Crippen molar-refractivity contribution in [1.82, 2.24) is 4.57 Å². The molecule has 0 unspecified atom stereocenters. The van der Waals surface area contributed by atoms with Gasteiger partial charge >= 0.3 is 11.9 Å². The van der Waals surface area contributed by atoms with Crippen molar-refractivity contribution in [2.24, 2.45) is 5.41 Å². The van der Waals surface area contributed by atoms with Crippen LogP contribution >= 0.6 is 0 Å². The van der Waals surface area contributed by atoms with E-state index in [1.807, 2.05) is 54.6 Å². The van der Waals surface area contributed by atoms with E-state index in [2.05, 4.69) is 10.6 Å². The van der Waals surface area contributed by atoms with E-state index < -0.39 is 17.4 Å². The summed E-state index contributed by atoms with van der Waals surface area (Å²) in [5.41, 5.74) is 4.29. The van der Waals surface area contributed by atoms with E-state index in [4.69, 9.17) is 18.9 Å². The Morgan fingerprint density at radius 3 is 2.28 bits per heavy atom. The van der Waals surface area contributed by atoms with Gasteiger partial charge in [0.2, 0.25) is 0 Å². The number of aromatic nitrogens is 1. The predicted molar refractivity (Wildman–Crippen MR) is 160 cm³/mol. The standard InChI is InChI=1S/C35H36FNO6/c1-22-17-26(9-11-29(22)36)37-30-12-10-27(43-21-23-7-5-4-6-8-23)18-28(30)31(32(37)24-13-15-42-16-14-24)25-19-35(20-25,33(38)40-2)34(39)41-3/h4-12,17-18,24-25H,13-16,19-21H2,1-3H3. The van der Waals surface area contributed by atoms with Crippen LogP contribution < -0.4 is 4.74 Å². The van der Waals surface area contributed by atoms with Crippen LogP contribution in [-0.4, -0.2) is 43.9 Å². The molecule has 0 atom stereocenters. The van der Waals surface area contributed by atoms with Gasteiger partial charge in [0, 0.05) is 35.9 Å². The Morgan fingerprint density at radius 2 is 1.63 bits per heavy atom. The fraction of sp³-hybridized carbons (Fsp3) is 0.371. The molecule has 1 saturated heterocycles. The highest BCUT2D eigenvalue weighted by atomic mass is 19.1. The van der Waals surface area contributed by atoms with Gasteiger partial charge in [0.25, 0.3) is 0 Å². The van der Waals surface area contributed by atoms with Gasteiger partial charge < -0.3 is 23.5 Å². The first kappa shape index (κ1) is 28.9. The van der Waals surface area contributed by atoms with Gasteiger partial charge in [-0.15, -0.1) is 0 Å². The van der Waals surface area contributed by atoms with E-state index in [-0.39, 0.29) is 30.5 Å². The molecule has 3 aromatic carbocycles. The average Bonchev–Trinajstić information content (AvgIpc) is 3.35. The van der Waals surface area contributed by atoms with E-state index >= 15 is 0 Å². The second kappa shape index (κ2) is 11.8. The number of methoxy groups -OCH3 is 2. The molecule has 2 fully saturated rings. The second-order valence-electron chi connectivity index (χ2n) is 11.6. The number of nitrogens with zero attached hydrogens (tertiary/aromatic N) is 1. The Balaban J connectivity index is 1.52. The molecule has 0 amide bonds. The topological polar surface area (TPSA) is 76.0 Å². The van der Waals surface area contributed by atoms with Gasteiger partial charge in [0.1, 0.15) is 18.2 Å². The molecule has 1 aliphatic heterocycles. The van der Waals surface area contributed by atoms with Gasteiger partial charge in [0.05, 0.1) is 19.7 Å². The molecule has 8 heteroatoms. The molecule has 2 aliphatic rings. The molecule has 6 rings (SSSR count). The van der Waals surface area contributed by atoms with E-state index in [0.29, 0.717) is 25.4 Å². The first-order valence-corrected chi connectivity index (χ1v) is 14.7. The summed E-state index contributed by atoms with van der Waals surface area (Å²) in [5.74, 6) is -0.632. The Bertz CT molecular complexity index is 1630. The zero-order valence-corrected chi connectivity index (χ0v) is 24.7. The lowest BCUT2D eigenvalue weighted by atomic mass is 9.59. The minimum atomic E-state index is -1.34. The Morgan fingerprint density at radius 1 is 0.930 bits per heavy atom. The minimum Gasteiger partial charge on any atom is -0.489 e. The molecule has 7 nitrogen and oxygen atoms in total. The summed E-state index contributed by atoms with van der Waals surface area (Å²) in [4.78, 5) is 25.8. The van der Waals surface area contributed by atoms with Gasteiger partial charge in [-0.05, 0) is 91.6 Å². The van der Waals surface area contributed by atoms with E-state index in [1.165, 1.54) is 20.3 Å². The van der Waals surface area contributed by atoms with Crippen molar-refractivity contribution in [3.63, 3.8) is 0 Å². The SMILES string of the molecule is COC(=O)C1(C(=O)OC)CC(c2c(C3CCOCC3)n(-c3ccc(F)c(C)c3)c3ccc(OCc4ccccc4)cc23)C1. The summed E-state index contributed by atoms with van der Waals surface area (Å²) in [7, 11) is 2.60. The smallest absolute Gasteiger partial charge is 0.323 e. The maximum absolute atomic E-state index is 14.4. The van der Waals surface area contributed by atoms with Crippen molar-refractivity contribution in [1.29, 1.82) is 0 Å². The number of hydrogen-bond acceptors (Lipinski definition) is 6. The van der Waals surface area contributed by atoms with Crippen LogP contribution in [0.4, 0.5) is 4.39 Å². The zero-order valence-electron chi connectivity index (χ0n) is 24.7. The number of rotatable bonds is 8. The zero-order chi connectivity index (χ0) is 30.1. The molecule has 0 spiro atoms. The van der Waals surface area contributed by atoms with Crippen molar-refractivity contribution < 1.29 is 32.9 Å². The maximum Gasteiger partial charge on any atom is 0.323 e. The van der Waals surface area contributed by atoms with Crippen LogP contribution in [0, 0.1) is 18.2 Å². The van der Waals surface area contributed by atoms with Crippen LogP contribution in [-0.2, 0) is 30.4 Å².